The number of hydrogen-bond acceptors (Lipinski definition) is 4. The van der Waals surface area contributed by atoms with E-state index in [1.807, 2.05) is 13.0 Å². The van der Waals surface area contributed by atoms with Crippen molar-refractivity contribution in [3.8, 4) is 0 Å². The van der Waals surface area contributed by atoms with Crippen molar-refractivity contribution in [2.24, 2.45) is 39.5 Å². The van der Waals surface area contributed by atoms with E-state index in [0.717, 1.165) is 42.6 Å². The molecule has 0 heterocycles. The molecule has 0 bridgehead atoms. The smallest absolute Gasteiger partial charge is 0.129 e. The van der Waals surface area contributed by atoms with Gasteiger partial charge < -0.3 is 15.7 Å². The van der Waals surface area contributed by atoms with Gasteiger partial charge in [0.05, 0.1) is 11.8 Å². The summed E-state index contributed by atoms with van der Waals surface area (Å²) in [7, 11) is 0. The van der Waals surface area contributed by atoms with Gasteiger partial charge in [-0.05, 0) is 92.1 Å². The maximum atomic E-state index is 11.3. The summed E-state index contributed by atoms with van der Waals surface area (Å²) in [6.45, 7) is 7.93. The fourth-order valence-electron chi connectivity index (χ4n) is 7.47. The first kappa shape index (κ1) is 21.1. The summed E-state index contributed by atoms with van der Waals surface area (Å²) >= 11 is 0. The number of oxime groups is 1. The molecule has 0 amide bonds. The van der Waals surface area contributed by atoms with Gasteiger partial charge in [-0.15, -0.1) is 0 Å². The van der Waals surface area contributed by atoms with Crippen LogP contribution in [0, 0.1) is 28.6 Å². The molecule has 0 unspecified atom stereocenters. The molecule has 0 aromatic rings. The molecule has 29 heavy (non-hydrogen) atoms. The first-order chi connectivity index (χ1) is 13.8. The molecule has 3 N–H and O–H groups in total. The SMILES string of the molecule is CC(C=NOCCN)=C[C@]1(O)CC[C@@]2(C)C(=CC[C@H]3[C@@H]4CCC[C@@]4(C)CC[C@@H]32)C1. The Morgan fingerprint density at radius 3 is 2.86 bits per heavy atom. The van der Waals surface area contributed by atoms with Gasteiger partial charge in [-0.25, -0.2) is 0 Å². The molecule has 4 aliphatic rings. The van der Waals surface area contributed by atoms with Gasteiger partial charge in [-0.2, -0.15) is 0 Å². The predicted octanol–water partition coefficient (Wildman–Crippen LogP) is 4.98. The lowest BCUT2D eigenvalue weighted by atomic mass is 9.47. The molecule has 6 atom stereocenters. The second-order valence-electron chi connectivity index (χ2n) is 10.9. The van der Waals surface area contributed by atoms with Gasteiger partial charge >= 0.3 is 0 Å². The minimum atomic E-state index is -0.765. The highest BCUT2D eigenvalue weighted by atomic mass is 16.6. The topological polar surface area (TPSA) is 67.8 Å². The first-order valence-corrected chi connectivity index (χ1v) is 11.8. The fourth-order valence-corrected chi connectivity index (χ4v) is 7.47. The minimum absolute atomic E-state index is 0.277. The van der Waals surface area contributed by atoms with E-state index < -0.39 is 5.60 Å². The van der Waals surface area contributed by atoms with Gasteiger partial charge in [0.1, 0.15) is 6.61 Å². The van der Waals surface area contributed by atoms with Crippen molar-refractivity contribution in [1.82, 2.24) is 0 Å². The zero-order valence-electron chi connectivity index (χ0n) is 18.6. The number of hydrogen-bond donors (Lipinski definition) is 2. The van der Waals surface area contributed by atoms with E-state index in [0.29, 0.717) is 18.6 Å². The zero-order chi connectivity index (χ0) is 20.7. The molecule has 4 aliphatic carbocycles. The molecule has 3 fully saturated rings. The van der Waals surface area contributed by atoms with E-state index in [1.54, 1.807) is 6.21 Å². The maximum absolute atomic E-state index is 11.3. The summed E-state index contributed by atoms with van der Waals surface area (Å²) in [6, 6.07) is 0. The Kier molecular flexibility index (Phi) is 5.71. The summed E-state index contributed by atoms with van der Waals surface area (Å²) in [5.74, 6) is 2.59. The van der Waals surface area contributed by atoms with Gasteiger partial charge in [0.15, 0.2) is 0 Å². The molecule has 0 radical (unpaired) electrons. The number of nitrogens with zero attached hydrogens (tertiary/aromatic N) is 1. The molecular formula is C25H40N2O2. The summed E-state index contributed by atoms with van der Waals surface area (Å²) in [6.07, 6.45) is 17.2. The van der Waals surface area contributed by atoms with Crippen LogP contribution in [0.5, 0.6) is 0 Å². The van der Waals surface area contributed by atoms with Crippen molar-refractivity contribution in [2.75, 3.05) is 13.2 Å². The average molecular weight is 401 g/mol. The molecule has 0 saturated heterocycles. The molecule has 0 aliphatic heterocycles. The van der Waals surface area contributed by atoms with E-state index in [1.165, 1.54) is 44.1 Å². The summed E-state index contributed by atoms with van der Waals surface area (Å²) in [5.41, 5.74) is 7.98. The number of allylic oxidation sites excluding steroid dienone is 2. The number of fused-ring (bicyclic) bond motifs is 5. The zero-order valence-corrected chi connectivity index (χ0v) is 18.6. The Hall–Kier alpha value is -1.13. The molecule has 0 spiro atoms. The standard InChI is InChI=1S/C25H40N2O2/c1-18(17-27-29-14-13-26)15-25(28)12-11-24(3)19(16-25)6-7-20-21-5-4-9-23(21,2)10-8-22(20)24/h6,15,17,20-22,28H,4-5,7-14,16,26H2,1-3H3/t20-,21-,22-,23-,24-,25+/m0/s1. The molecule has 162 valence electrons. The van der Waals surface area contributed by atoms with Crippen LogP contribution in [0.1, 0.15) is 78.6 Å². The van der Waals surface area contributed by atoms with Crippen LogP contribution >= 0.6 is 0 Å². The van der Waals surface area contributed by atoms with E-state index in [2.05, 4.69) is 25.1 Å². The van der Waals surface area contributed by atoms with Crippen LogP contribution in [0.25, 0.3) is 0 Å². The molecule has 0 aromatic carbocycles. The van der Waals surface area contributed by atoms with E-state index >= 15 is 0 Å². The predicted molar refractivity (Wildman–Crippen MR) is 119 cm³/mol. The highest BCUT2D eigenvalue weighted by Gasteiger charge is 2.56. The first-order valence-electron chi connectivity index (χ1n) is 11.8. The van der Waals surface area contributed by atoms with Gasteiger partial charge in [0.25, 0.3) is 0 Å². The lowest BCUT2D eigenvalue weighted by molar-refractivity contribution is -0.0487. The summed E-state index contributed by atoms with van der Waals surface area (Å²) in [5, 5.41) is 15.3. The second kappa shape index (κ2) is 7.85. The van der Waals surface area contributed by atoms with Crippen molar-refractivity contribution in [3.05, 3.63) is 23.3 Å². The lowest BCUT2D eigenvalue weighted by Gasteiger charge is -2.58. The highest BCUT2D eigenvalue weighted by molar-refractivity contribution is 5.77. The van der Waals surface area contributed by atoms with Crippen molar-refractivity contribution in [2.45, 2.75) is 84.2 Å². The quantitative estimate of drug-likeness (QED) is 0.296. The van der Waals surface area contributed by atoms with Gasteiger partial charge in [0, 0.05) is 13.0 Å². The third kappa shape index (κ3) is 3.83. The van der Waals surface area contributed by atoms with E-state index in [-0.39, 0.29) is 5.41 Å². The maximum Gasteiger partial charge on any atom is 0.129 e. The molecule has 3 saturated carbocycles. The monoisotopic (exact) mass is 400 g/mol. The molecular weight excluding hydrogens is 360 g/mol. The van der Waals surface area contributed by atoms with E-state index in [9.17, 15) is 5.11 Å². The average Bonchev–Trinajstić information content (AvgIpc) is 3.08. The van der Waals surface area contributed by atoms with Crippen molar-refractivity contribution in [3.63, 3.8) is 0 Å². The van der Waals surface area contributed by atoms with Crippen molar-refractivity contribution >= 4 is 6.21 Å². The van der Waals surface area contributed by atoms with Gasteiger partial charge in [-0.3, -0.25) is 0 Å². The van der Waals surface area contributed by atoms with Crippen LogP contribution in [0.3, 0.4) is 0 Å². The van der Waals surface area contributed by atoms with Crippen LogP contribution in [0.2, 0.25) is 0 Å². The van der Waals surface area contributed by atoms with Gasteiger partial charge in [0.2, 0.25) is 0 Å². The number of nitrogens with two attached hydrogens (primary N) is 1. The third-order valence-electron chi connectivity index (χ3n) is 9.02. The van der Waals surface area contributed by atoms with Gasteiger partial charge in [-0.1, -0.05) is 37.1 Å². The Bertz CT molecular complexity index is 714. The normalized spacial score (nSPS) is 44.8. The molecule has 0 aromatic heterocycles. The highest BCUT2D eigenvalue weighted by Crippen LogP contribution is 2.65. The summed E-state index contributed by atoms with van der Waals surface area (Å²) < 4.78 is 0. The molecule has 4 heteroatoms. The number of rotatable bonds is 5. The molecule has 4 rings (SSSR count). The van der Waals surface area contributed by atoms with E-state index in [4.69, 9.17) is 10.6 Å². The largest absolute Gasteiger partial charge is 0.394 e. The summed E-state index contributed by atoms with van der Waals surface area (Å²) in [4.78, 5) is 5.09. The lowest BCUT2D eigenvalue weighted by Crippen LogP contribution is -2.51. The Morgan fingerprint density at radius 1 is 1.24 bits per heavy atom. The van der Waals surface area contributed by atoms with Crippen LogP contribution in [-0.2, 0) is 4.84 Å². The van der Waals surface area contributed by atoms with Crippen molar-refractivity contribution in [1.29, 1.82) is 0 Å². The van der Waals surface area contributed by atoms with Crippen LogP contribution in [0.15, 0.2) is 28.5 Å². The fraction of sp³-hybridized carbons (Fsp3) is 0.800. The Morgan fingerprint density at radius 2 is 2.07 bits per heavy atom. The third-order valence-corrected chi connectivity index (χ3v) is 9.02. The molecule has 4 nitrogen and oxygen atoms in total. The van der Waals surface area contributed by atoms with Crippen LogP contribution < -0.4 is 5.73 Å². The minimum Gasteiger partial charge on any atom is -0.394 e. The number of aliphatic hydroxyl groups is 1. The Balaban J connectivity index is 1.50. The van der Waals surface area contributed by atoms with Crippen LogP contribution in [0.4, 0.5) is 0 Å². The van der Waals surface area contributed by atoms with Crippen LogP contribution in [-0.4, -0.2) is 30.1 Å². The Labute approximate surface area is 176 Å². The van der Waals surface area contributed by atoms with Crippen molar-refractivity contribution < 1.29 is 9.94 Å². The second-order valence-corrected chi connectivity index (χ2v) is 10.9.